The van der Waals surface area contributed by atoms with Gasteiger partial charge in [-0.25, -0.2) is 0 Å². The first-order valence-electron chi connectivity index (χ1n) is 2.90. The number of aliphatic carboxylic acids is 1. The van der Waals surface area contributed by atoms with E-state index in [-0.39, 0.29) is 13.2 Å². The van der Waals surface area contributed by atoms with E-state index in [0.717, 1.165) is 0 Å². The zero-order valence-electron chi connectivity index (χ0n) is 5.37. The van der Waals surface area contributed by atoms with Gasteiger partial charge in [0.2, 0.25) is 0 Å². The van der Waals surface area contributed by atoms with Crippen LogP contribution in [0.5, 0.6) is 0 Å². The van der Waals surface area contributed by atoms with E-state index in [1.165, 1.54) is 0 Å². The number of rotatable bonds is 2. The van der Waals surface area contributed by atoms with Crippen molar-refractivity contribution in [1.82, 2.24) is 0 Å². The zero-order valence-corrected chi connectivity index (χ0v) is 5.37. The molecule has 0 saturated heterocycles. The van der Waals surface area contributed by atoms with Crippen LogP contribution in [0.2, 0.25) is 0 Å². The molecule has 0 spiro atoms. The number of carboxylic acid groups (broad SMARTS) is 1. The van der Waals surface area contributed by atoms with Crippen LogP contribution in [0, 0.1) is 0 Å². The highest BCUT2D eigenvalue weighted by molar-refractivity contribution is 5.69. The highest BCUT2D eigenvalue weighted by atomic mass is 16.7. The SMILES string of the molecule is O=C(O)CC1=CCOCO1. The Morgan fingerprint density at radius 3 is 3.10 bits per heavy atom. The zero-order chi connectivity index (χ0) is 7.40. The maximum absolute atomic E-state index is 10.1. The first-order chi connectivity index (χ1) is 4.79. The molecule has 0 radical (unpaired) electrons. The number of hydrogen-bond acceptors (Lipinski definition) is 3. The van der Waals surface area contributed by atoms with Gasteiger partial charge in [0.25, 0.3) is 0 Å². The van der Waals surface area contributed by atoms with Crippen LogP contribution in [0.3, 0.4) is 0 Å². The number of hydrogen-bond donors (Lipinski definition) is 1. The lowest BCUT2D eigenvalue weighted by molar-refractivity contribution is -0.137. The second kappa shape index (κ2) is 3.22. The van der Waals surface area contributed by atoms with Gasteiger partial charge in [0.05, 0.1) is 6.61 Å². The molecular formula is C6H8O4. The second-order valence-electron chi connectivity index (χ2n) is 1.87. The van der Waals surface area contributed by atoms with Crippen LogP contribution < -0.4 is 0 Å². The van der Waals surface area contributed by atoms with Crippen molar-refractivity contribution in [3.05, 3.63) is 11.8 Å². The Morgan fingerprint density at radius 2 is 2.60 bits per heavy atom. The summed E-state index contributed by atoms with van der Waals surface area (Å²) >= 11 is 0. The molecule has 1 heterocycles. The number of carboxylic acids is 1. The van der Waals surface area contributed by atoms with Crippen molar-refractivity contribution in [2.45, 2.75) is 6.42 Å². The third-order valence-corrected chi connectivity index (χ3v) is 1.08. The van der Waals surface area contributed by atoms with Gasteiger partial charge in [-0.3, -0.25) is 4.79 Å². The van der Waals surface area contributed by atoms with Crippen LogP contribution in [0.25, 0.3) is 0 Å². The molecule has 0 unspecified atom stereocenters. The summed E-state index contributed by atoms with van der Waals surface area (Å²) in [4.78, 5) is 10.1. The molecule has 56 valence electrons. The highest BCUT2D eigenvalue weighted by Gasteiger charge is 2.07. The quantitative estimate of drug-likeness (QED) is 0.607. The van der Waals surface area contributed by atoms with Crippen molar-refractivity contribution in [1.29, 1.82) is 0 Å². The van der Waals surface area contributed by atoms with Crippen molar-refractivity contribution < 1.29 is 19.4 Å². The van der Waals surface area contributed by atoms with Crippen molar-refractivity contribution >= 4 is 5.97 Å². The van der Waals surface area contributed by atoms with Crippen LogP contribution in [0.4, 0.5) is 0 Å². The van der Waals surface area contributed by atoms with Crippen molar-refractivity contribution in [3.8, 4) is 0 Å². The van der Waals surface area contributed by atoms with Gasteiger partial charge < -0.3 is 14.6 Å². The minimum absolute atomic E-state index is 0.0522. The van der Waals surface area contributed by atoms with Crippen LogP contribution in [0.15, 0.2) is 11.8 Å². The molecule has 1 aliphatic rings. The molecule has 0 aromatic heterocycles. The average Bonchev–Trinajstić information content (AvgIpc) is 1.88. The Balaban J connectivity index is 2.38. The van der Waals surface area contributed by atoms with E-state index in [4.69, 9.17) is 14.6 Å². The second-order valence-corrected chi connectivity index (χ2v) is 1.87. The highest BCUT2D eigenvalue weighted by Crippen LogP contribution is 2.07. The standard InChI is InChI=1S/C6H8O4/c7-6(8)3-5-1-2-9-4-10-5/h1H,2-4H2,(H,7,8). The summed E-state index contributed by atoms with van der Waals surface area (Å²) < 4.78 is 9.64. The lowest BCUT2D eigenvalue weighted by atomic mass is 10.3. The maximum atomic E-state index is 10.1. The minimum atomic E-state index is -0.881. The summed E-state index contributed by atoms with van der Waals surface area (Å²) in [5, 5.41) is 8.30. The first kappa shape index (κ1) is 7.08. The Hall–Kier alpha value is -1.03. The molecule has 0 aromatic rings. The van der Waals surface area contributed by atoms with Gasteiger partial charge in [0.1, 0.15) is 12.2 Å². The predicted octanol–water partition coefficient (Wildman–Crippen LogP) is 0.349. The fourth-order valence-corrected chi connectivity index (χ4v) is 0.649. The van der Waals surface area contributed by atoms with E-state index in [9.17, 15) is 4.79 Å². The lowest BCUT2D eigenvalue weighted by Gasteiger charge is -2.12. The fourth-order valence-electron chi connectivity index (χ4n) is 0.649. The molecule has 4 nitrogen and oxygen atoms in total. The van der Waals surface area contributed by atoms with Gasteiger partial charge in [-0.05, 0) is 6.08 Å². The Morgan fingerprint density at radius 1 is 1.80 bits per heavy atom. The molecule has 0 atom stereocenters. The summed E-state index contributed by atoms with van der Waals surface area (Å²) in [5.41, 5.74) is 0. The smallest absolute Gasteiger partial charge is 0.311 e. The average molecular weight is 144 g/mol. The molecule has 0 fully saturated rings. The van der Waals surface area contributed by atoms with Crippen molar-refractivity contribution in [2.75, 3.05) is 13.4 Å². The summed E-state index contributed by atoms with van der Waals surface area (Å²) in [7, 11) is 0. The van der Waals surface area contributed by atoms with Gasteiger partial charge in [0, 0.05) is 0 Å². The minimum Gasteiger partial charge on any atom is -0.481 e. The largest absolute Gasteiger partial charge is 0.481 e. The molecule has 0 aromatic carbocycles. The Bertz CT molecular complexity index is 161. The monoisotopic (exact) mass is 144 g/mol. The van der Waals surface area contributed by atoms with Gasteiger partial charge >= 0.3 is 5.97 Å². The van der Waals surface area contributed by atoms with E-state index in [2.05, 4.69) is 0 Å². The third-order valence-electron chi connectivity index (χ3n) is 1.08. The number of carbonyl (C=O) groups is 1. The maximum Gasteiger partial charge on any atom is 0.311 e. The molecule has 1 rings (SSSR count). The van der Waals surface area contributed by atoms with E-state index in [1.54, 1.807) is 6.08 Å². The van der Waals surface area contributed by atoms with E-state index >= 15 is 0 Å². The van der Waals surface area contributed by atoms with E-state index in [0.29, 0.717) is 12.4 Å². The summed E-state index contributed by atoms with van der Waals surface area (Å²) in [6, 6.07) is 0. The van der Waals surface area contributed by atoms with Crippen molar-refractivity contribution in [2.24, 2.45) is 0 Å². The lowest BCUT2D eigenvalue weighted by Crippen LogP contribution is -2.10. The molecule has 0 amide bonds. The summed E-state index contributed by atoms with van der Waals surface area (Å²) in [6.07, 6.45) is 1.57. The van der Waals surface area contributed by atoms with Crippen LogP contribution >= 0.6 is 0 Å². The molecule has 1 aliphatic heterocycles. The molecule has 0 aliphatic carbocycles. The summed E-state index contributed by atoms with van der Waals surface area (Å²) in [6.45, 7) is 0.613. The molecule has 4 heteroatoms. The normalized spacial score (nSPS) is 17.4. The van der Waals surface area contributed by atoms with E-state index < -0.39 is 5.97 Å². The van der Waals surface area contributed by atoms with Crippen LogP contribution in [-0.2, 0) is 14.3 Å². The number of ether oxygens (including phenoxy) is 2. The Labute approximate surface area is 58.1 Å². The molecule has 0 bridgehead atoms. The third kappa shape index (κ3) is 2.06. The van der Waals surface area contributed by atoms with Crippen molar-refractivity contribution in [3.63, 3.8) is 0 Å². The molecule has 1 N–H and O–H groups in total. The topological polar surface area (TPSA) is 55.8 Å². The predicted molar refractivity (Wildman–Crippen MR) is 32.2 cm³/mol. The van der Waals surface area contributed by atoms with Gasteiger partial charge in [-0.15, -0.1) is 0 Å². The first-order valence-corrected chi connectivity index (χ1v) is 2.90. The van der Waals surface area contributed by atoms with Gasteiger partial charge in [0.15, 0.2) is 6.79 Å². The summed E-state index contributed by atoms with van der Waals surface area (Å²) in [5.74, 6) is -0.396. The van der Waals surface area contributed by atoms with Gasteiger partial charge in [-0.1, -0.05) is 0 Å². The van der Waals surface area contributed by atoms with Gasteiger partial charge in [-0.2, -0.15) is 0 Å². The van der Waals surface area contributed by atoms with Crippen LogP contribution in [0.1, 0.15) is 6.42 Å². The fraction of sp³-hybridized carbons (Fsp3) is 0.500. The van der Waals surface area contributed by atoms with Crippen LogP contribution in [-0.4, -0.2) is 24.5 Å². The Kier molecular flexibility index (Phi) is 2.28. The molecule has 10 heavy (non-hydrogen) atoms. The molecular weight excluding hydrogens is 136 g/mol. The molecule has 0 saturated carbocycles. The van der Waals surface area contributed by atoms with E-state index in [1.807, 2.05) is 0 Å².